The Morgan fingerprint density at radius 3 is 2.48 bits per heavy atom. The average Bonchev–Trinajstić information content (AvgIpc) is 2.79. The Bertz CT molecular complexity index is 505. The standard InChI is InChI=1S/C15H23BrN2O3/c1-6-9(2)12(14(20)21-15(3,4)5)18-13(19)11-7-10(16)8-17-11/h7-9,12,17H,6H2,1-5H3,(H,18,19)/t9-,12-/m0/s1. The SMILES string of the molecule is CC[C@H](C)[C@H](NC(=O)c1cc(Br)c[nH]1)C(=O)OC(C)(C)C. The molecule has 0 aliphatic carbocycles. The number of amides is 1. The highest BCUT2D eigenvalue weighted by Gasteiger charge is 2.30. The lowest BCUT2D eigenvalue weighted by molar-refractivity contribution is -0.158. The van der Waals surface area contributed by atoms with Crippen LogP contribution in [0.25, 0.3) is 0 Å². The van der Waals surface area contributed by atoms with Crippen molar-refractivity contribution in [2.24, 2.45) is 5.92 Å². The van der Waals surface area contributed by atoms with Crippen molar-refractivity contribution in [1.29, 1.82) is 0 Å². The summed E-state index contributed by atoms with van der Waals surface area (Å²) in [5.41, 5.74) is -0.179. The van der Waals surface area contributed by atoms with E-state index in [4.69, 9.17) is 4.74 Å². The van der Waals surface area contributed by atoms with Gasteiger partial charge >= 0.3 is 5.97 Å². The molecular weight excluding hydrogens is 336 g/mol. The van der Waals surface area contributed by atoms with Gasteiger partial charge in [-0.3, -0.25) is 4.79 Å². The van der Waals surface area contributed by atoms with Gasteiger partial charge in [-0.25, -0.2) is 4.79 Å². The van der Waals surface area contributed by atoms with Crippen LogP contribution < -0.4 is 5.32 Å². The van der Waals surface area contributed by atoms with Gasteiger partial charge in [0.15, 0.2) is 0 Å². The number of carbonyl (C=O) groups excluding carboxylic acids is 2. The molecule has 1 amide bonds. The summed E-state index contributed by atoms with van der Waals surface area (Å²) in [5, 5.41) is 2.75. The molecule has 21 heavy (non-hydrogen) atoms. The van der Waals surface area contributed by atoms with Gasteiger partial charge in [0.2, 0.25) is 0 Å². The smallest absolute Gasteiger partial charge is 0.329 e. The molecule has 0 aromatic carbocycles. The zero-order chi connectivity index (χ0) is 16.2. The van der Waals surface area contributed by atoms with E-state index in [0.717, 1.165) is 10.9 Å². The fourth-order valence-electron chi connectivity index (χ4n) is 1.75. The lowest BCUT2D eigenvalue weighted by Crippen LogP contribution is -2.47. The molecule has 0 spiro atoms. The van der Waals surface area contributed by atoms with Crippen molar-refractivity contribution in [3.8, 4) is 0 Å². The summed E-state index contributed by atoms with van der Waals surface area (Å²) in [4.78, 5) is 27.3. The third kappa shape index (κ3) is 5.53. The molecule has 1 rings (SSSR count). The van der Waals surface area contributed by atoms with Crippen molar-refractivity contribution in [3.05, 3.63) is 22.4 Å². The number of H-pyrrole nitrogens is 1. The van der Waals surface area contributed by atoms with Crippen molar-refractivity contribution in [2.45, 2.75) is 52.7 Å². The van der Waals surface area contributed by atoms with Gasteiger partial charge in [0.1, 0.15) is 17.3 Å². The monoisotopic (exact) mass is 358 g/mol. The Balaban J connectivity index is 2.83. The van der Waals surface area contributed by atoms with Crippen molar-refractivity contribution in [2.75, 3.05) is 0 Å². The first kappa shape index (κ1) is 17.8. The van der Waals surface area contributed by atoms with Gasteiger partial charge in [0.25, 0.3) is 5.91 Å². The Morgan fingerprint density at radius 2 is 2.05 bits per heavy atom. The summed E-state index contributed by atoms with van der Waals surface area (Å²) >= 11 is 3.28. The first-order valence-corrected chi connectivity index (χ1v) is 7.81. The number of hydrogen-bond acceptors (Lipinski definition) is 3. The second-order valence-electron chi connectivity index (χ2n) is 6.10. The van der Waals surface area contributed by atoms with Crippen molar-refractivity contribution < 1.29 is 14.3 Å². The molecule has 2 N–H and O–H groups in total. The Labute approximate surface area is 134 Å². The number of nitrogens with one attached hydrogen (secondary N) is 2. The quantitative estimate of drug-likeness (QED) is 0.793. The largest absolute Gasteiger partial charge is 0.458 e. The molecule has 118 valence electrons. The first-order valence-electron chi connectivity index (χ1n) is 7.01. The summed E-state index contributed by atoms with van der Waals surface area (Å²) in [5.74, 6) is -0.741. The number of aromatic nitrogens is 1. The van der Waals surface area contributed by atoms with Crippen LogP contribution in [-0.4, -0.2) is 28.5 Å². The lowest BCUT2D eigenvalue weighted by Gasteiger charge is -2.27. The number of aromatic amines is 1. The topological polar surface area (TPSA) is 71.2 Å². The van der Waals surface area contributed by atoms with E-state index < -0.39 is 17.6 Å². The lowest BCUT2D eigenvalue weighted by atomic mass is 9.98. The molecular formula is C15H23BrN2O3. The Kier molecular flexibility index (Phi) is 6.01. The van der Waals surface area contributed by atoms with Crippen LogP contribution in [0.4, 0.5) is 0 Å². The fourth-order valence-corrected chi connectivity index (χ4v) is 2.10. The number of carbonyl (C=O) groups is 2. The maximum Gasteiger partial charge on any atom is 0.329 e. The van der Waals surface area contributed by atoms with Gasteiger partial charge in [0, 0.05) is 10.7 Å². The van der Waals surface area contributed by atoms with Crippen LogP contribution >= 0.6 is 15.9 Å². The molecule has 0 bridgehead atoms. The zero-order valence-corrected chi connectivity index (χ0v) is 14.7. The predicted molar refractivity (Wildman–Crippen MR) is 85.0 cm³/mol. The molecule has 5 nitrogen and oxygen atoms in total. The van der Waals surface area contributed by atoms with Gasteiger partial charge in [-0.05, 0) is 48.7 Å². The fraction of sp³-hybridized carbons (Fsp3) is 0.600. The minimum absolute atomic E-state index is 0.0118. The normalized spacial score (nSPS) is 14.4. The number of hydrogen-bond donors (Lipinski definition) is 2. The molecule has 0 aliphatic heterocycles. The summed E-state index contributed by atoms with van der Waals surface area (Å²) in [6, 6.07) is 1.00. The van der Waals surface area contributed by atoms with E-state index in [2.05, 4.69) is 26.2 Å². The average molecular weight is 359 g/mol. The molecule has 0 saturated heterocycles. The minimum Gasteiger partial charge on any atom is -0.458 e. The molecule has 1 heterocycles. The second kappa shape index (κ2) is 7.11. The molecule has 1 aromatic heterocycles. The van der Waals surface area contributed by atoms with E-state index in [-0.39, 0.29) is 11.8 Å². The highest BCUT2D eigenvalue weighted by molar-refractivity contribution is 9.10. The molecule has 1 aromatic rings. The van der Waals surface area contributed by atoms with E-state index in [1.165, 1.54) is 0 Å². The zero-order valence-electron chi connectivity index (χ0n) is 13.1. The van der Waals surface area contributed by atoms with Crippen LogP contribution in [0.5, 0.6) is 0 Å². The molecule has 0 fully saturated rings. The summed E-state index contributed by atoms with van der Waals surface area (Å²) in [6.07, 6.45) is 2.43. The highest BCUT2D eigenvalue weighted by Crippen LogP contribution is 2.16. The minimum atomic E-state index is -0.663. The number of ether oxygens (including phenoxy) is 1. The van der Waals surface area contributed by atoms with Gasteiger partial charge in [0.05, 0.1) is 0 Å². The molecule has 0 aliphatic rings. The summed E-state index contributed by atoms with van der Waals surface area (Å²) in [6.45, 7) is 9.31. The van der Waals surface area contributed by atoms with Crippen LogP contribution in [-0.2, 0) is 9.53 Å². The maximum absolute atomic E-state index is 12.3. The molecule has 0 unspecified atom stereocenters. The van der Waals surface area contributed by atoms with E-state index >= 15 is 0 Å². The first-order chi connectivity index (χ1) is 9.64. The number of halogens is 1. The van der Waals surface area contributed by atoms with E-state index in [9.17, 15) is 9.59 Å². The van der Waals surface area contributed by atoms with Gasteiger partial charge in [-0.15, -0.1) is 0 Å². The van der Waals surface area contributed by atoms with Gasteiger partial charge < -0.3 is 15.0 Å². The van der Waals surface area contributed by atoms with Crippen molar-refractivity contribution >= 4 is 27.8 Å². The summed E-state index contributed by atoms with van der Waals surface area (Å²) in [7, 11) is 0. The third-order valence-electron chi connectivity index (χ3n) is 3.05. The van der Waals surface area contributed by atoms with Crippen LogP contribution in [0, 0.1) is 5.92 Å². The van der Waals surface area contributed by atoms with E-state index in [1.807, 2.05) is 34.6 Å². The van der Waals surface area contributed by atoms with Crippen LogP contribution in [0.1, 0.15) is 51.5 Å². The second-order valence-corrected chi connectivity index (χ2v) is 7.02. The molecule has 2 atom stereocenters. The number of esters is 1. The van der Waals surface area contributed by atoms with Crippen LogP contribution in [0.2, 0.25) is 0 Å². The van der Waals surface area contributed by atoms with Crippen LogP contribution in [0.15, 0.2) is 16.7 Å². The Morgan fingerprint density at radius 1 is 1.43 bits per heavy atom. The van der Waals surface area contributed by atoms with E-state index in [0.29, 0.717) is 5.69 Å². The maximum atomic E-state index is 12.3. The Hall–Kier alpha value is -1.30. The van der Waals surface area contributed by atoms with Crippen molar-refractivity contribution in [3.63, 3.8) is 0 Å². The molecule has 0 radical (unpaired) electrons. The van der Waals surface area contributed by atoms with Crippen LogP contribution in [0.3, 0.4) is 0 Å². The summed E-state index contributed by atoms with van der Waals surface area (Å²) < 4.78 is 6.17. The van der Waals surface area contributed by atoms with Gasteiger partial charge in [-0.1, -0.05) is 20.3 Å². The molecule has 6 heteroatoms. The highest BCUT2D eigenvalue weighted by atomic mass is 79.9. The predicted octanol–water partition coefficient (Wildman–Crippen LogP) is 3.26. The van der Waals surface area contributed by atoms with Gasteiger partial charge in [-0.2, -0.15) is 0 Å². The number of rotatable bonds is 5. The third-order valence-corrected chi connectivity index (χ3v) is 3.51. The van der Waals surface area contributed by atoms with Crippen molar-refractivity contribution in [1.82, 2.24) is 10.3 Å². The van der Waals surface area contributed by atoms with E-state index in [1.54, 1.807) is 12.3 Å². The molecule has 0 saturated carbocycles.